The summed E-state index contributed by atoms with van der Waals surface area (Å²) in [6.45, 7) is 0.492. The summed E-state index contributed by atoms with van der Waals surface area (Å²) in [7, 11) is 0. The minimum absolute atomic E-state index is 0.0648. The monoisotopic (exact) mass is 346 g/mol. The molecular formula is C18H17F3N4. The van der Waals surface area contributed by atoms with Gasteiger partial charge in [0.15, 0.2) is 11.6 Å². The van der Waals surface area contributed by atoms with Crippen LogP contribution in [-0.4, -0.2) is 21.0 Å². The molecule has 3 aromatic rings. The third-order valence-electron chi connectivity index (χ3n) is 3.91. The first-order valence-electron chi connectivity index (χ1n) is 7.87. The molecule has 4 nitrogen and oxygen atoms in total. The highest BCUT2D eigenvalue weighted by atomic mass is 19.2. The Morgan fingerprint density at radius 3 is 2.48 bits per heavy atom. The van der Waals surface area contributed by atoms with Gasteiger partial charge in [0.2, 0.25) is 0 Å². The Hall–Kier alpha value is -2.67. The minimum Gasteiger partial charge on any atom is -0.327 e. The molecule has 0 aliphatic rings. The second kappa shape index (κ2) is 7.48. The molecule has 3 rings (SSSR count). The van der Waals surface area contributed by atoms with Crippen molar-refractivity contribution in [2.75, 3.05) is 0 Å². The van der Waals surface area contributed by atoms with Crippen LogP contribution in [0.3, 0.4) is 0 Å². The van der Waals surface area contributed by atoms with Gasteiger partial charge in [-0.3, -0.25) is 4.68 Å². The predicted molar refractivity (Wildman–Crippen MR) is 88.1 cm³/mol. The van der Waals surface area contributed by atoms with E-state index < -0.39 is 23.5 Å². The summed E-state index contributed by atoms with van der Waals surface area (Å²) >= 11 is 0. The third-order valence-corrected chi connectivity index (χ3v) is 3.91. The van der Waals surface area contributed by atoms with E-state index in [9.17, 15) is 13.2 Å². The molecule has 2 N–H and O–H groups in total. The zero-order valence-corrected chi connectivity index (χ0v) is 13.4. The SMILES string of the molecule is N[C@@H](CCn1cc(-c2ccccc2)nn1)Cc1cc(F)c(F)cc1F. The van der Waals surface area contributed by atoms with Gasteiger partial charge >= 0.3 is 0 Å². The van der Waals surface area contributed by atoms with Crippen LogP contribution in [-0.2, 0) is 13.0 Å². The molecule has 0 aliphatic heterocycles. The molecular weight excluding hydrogens is 329 g/mol. The molecule has 0 saturated carbocycles. The smallest absolute Gasteiger partial charge is 0.161 e. The highest BCUT2D eigenvalue weighted by Gasteiger charge is 2.13. The molecule has 0 unspecified atom stereocenters. The van der Waals surface area contributed by atoms with E-state index in [2.05, 4.69) is 10.3 Å². The third kappa shape index (κ3) is 4.24. The molecule has 0 fully saturated rings. The first-order valence-corrected chi connectivity index (χ1v) is 7.87. The predicted octanol–water partition coefficient (Wildman–Crippen LogP) is 3.32. The Morgan fingerprint density at radius 2 is 1.72 bits per heavy atom. The lowest BCUT2D eigenvalue weighted by Gasteiger charge is -2.12. The quantitative estimate of drug-likeness (QED) is 0.697. The molecule has 7 heteroatoms. The highest BCUT2D eigenvalue weighted by Crippen LogP contribution is 2.17. The fourth-order valence-corrected chi connectivity index (χ4v) is 2.55. The van der Waals surface area contributed by atoms with E-state index >= 15 is 0 Å². The summed E-state index contributed by atoms with van der Waals surface area (Å²) in [5, 5.41) is 8.15. The van der Waals surface area contributed by atoms with Crippen molar-refractivity contribution in [2.45, 2.75) is 25.4 Å². The number of aromatic nitrogens is 3. The van der Waals surface area contributed by atoms with Gasteiger partial charge in [0.25, 0.3) is 0 Å². The van der Waals surface area contributed by atoms with E-state index in [0.29, 0.717) is 19.0 Å². The summed E-state index contributed by atoms with van der Waals surface area (Å²) in [6.07, 6.45) is 2.42. The van der Waals surface area contributed by atoms with E-state index in [1.807, 2.05) is 30.3 Å². The molecule has 0 spiro atoms. The van der Waals surface area contributed by atoms with Crippen LogP contribution >= 0.6 is 0 Å². The number of halogens is 3. The average Bonchev–Trinajstić information content (AvgIpc) is 3.08. The average molecular weight is 346 g/mol. The van der Waals surface area contributed by atoms with Gasteiger partial charge in [0.05, 0.1) is 6.20 Å². The van der Waals surface area contributed by atoms with Crippen LogP contribution in [0.15, 0.2) is 48.7 Å². The second-order valence-corrected chi connectivity index (χ2v) is 5.84. The molecule has 0 bridgehead atoms. The molecule has 0 aliphatic carbocycles. The fourth-order valence-electron chi connectivity index (χ4n) is 2.55. The number of nitrogens with zero attached hydrogens (tertiary/aromatic N) is 3. The maximum Gasteiger partial charge on any atom is 0.161 e. The van der Waals surface area contributed by atoms with Gasteiger partial charge in [-0.25, -0.2) is 13.2 Å². The maximum absolute atomic E-state index is 13.7. The van der Waals surface area contributed by atoms with E-state index in [4.69, 9.17) is 5.73 Å². The number of rotatable bonds is 6. The highest BCUT2D eigenvalue weighted by molar-refractivity contribution is 5.57. The zero-order valence-electron chi connectivity index (χ0n) is 13.4. The largest absolute Gasteiger partial charge is 0.327 e. The lowest BCUT2D eigenvalue weighted by atomic mass is 10.0. The van der Waals surface area contributed by atoms with Crippen molar-refractivity contribution in [1.29, 1.82) is 0 Å². The molecule has 25 heavy (non-hydrogen) atoms. The summed E-state index contributed by atoms with van der Waals surface area (Å²) in [5.41, 5.74) is 7.76. The molecule has 0 radical (unpaired) electrons. The van der Waals surface area contributed by atoms with Crippen molar-refractivity contribution in [3.05, 3.63) is 71.7 Å². The van der Waals surface area contributed by atoms with Crippen molar-refractivity contribution in [3.8, 4) is 11.3 Å². The van der Waals surface area contributed by atoms with Crippen LogP contribution in [0.5, 0.6) is 0 Å². The van der Waals surface area contributed by atoms with Gasteiger partial charge in [0, 0.05) is 24.2 Å². The van der Waals surface area contributed by atoms with E-state index in [1.165, 1.54) is 0 Å². The standard InChI is InChI=1S/C18H17F3N4/c19-15-10-17(21)16(20)9-13(15)8-14(22)6-7-25-11-18(23-24-25)12-4-2-1-3-5-12/h1-5,9-11,14H,6-8,22H2/t14-/m0/s1. The Labute approximate surface area is 143 Å². The van der Waals surface area contributed by atoms with Crippen molar-refractivity contribution < 1.29 is 13.2 Å². The van der Waals surface area contributed by atoms with Crippen LogP contribution in [0.4, 0.5) is 13.2 Å². The minimum atomic E-state index is -1.20. The van der Waals surface area contributed by atoms with E-state index in [1.54, 1.807) is 10.9 Å². The van der Waals surface area contributed by atoms with Gasteiger partial charge in [0.1, 0.15) is 11.5 Å². The molecule has 1 atom stereocenters. The zero-order chi connectivity index (χ0) is 17.8. The fraction of sp³-hybridized carbons (Fsp3) is 0.222. The number of benzene rings is 2. The Balaban J connectivity index is 1.59. The Morgan fingerprint density at radius 1 is 1.00 bits per heavy atom. The van der Waals surface area contributed by atoms with Gasteiger partial charge in [-0.1, -0.05) is 35.5 Å². The van der Waals surface area contributed by atoms with E-state index in [0.717, 1.165) is 17.3 Å². The van der Waals surface area contributed by atoms with Crippen LogP contribution in [0.1, 0.15) is 12.0 Å². The Bertz CT molecular complexity index is 849. The van der Waals surface area contributed by atoms with Crippen LogP contribution in [0.2, 0.25) is 0 Å². The molecule has 1 heterocycles. The van der Waals surface area contributed by atoms with Gasteiger partial charge in [-0.15, -0.1) is 5.10 Å². The van der Waals surface area contributed by atoms with Gasteiger partial charge in [-0.2, -0.15) is 0 Å². The summed E-state index contributed by atoms with van der Waals surface area (Å²) in [4.78, 5) is 0. The second-order valence-electron chi connectivity index (χ2n) is 5.84. The van der Waals surface area contributed by atoms with Gasteiger partial charge in [-0.05, 0) is 24.5 Å². The summed E-state index contributed by atoms with van der Waals surface area (Å²) in [6, 6.07) is 10.6. The molecule has 0 saturated heterocycles. The van der Waals surface area contributed by atoms with Crippen LogP contribution in [0.25, 0.3) is 11.3 Å². The number of hydrogen-bond donors (Lipinski definition) is 1. The number of hydrogen-bond acceptors (Lipinski definition) is 3. The van der Waals surface area contributed by atoms with E-state index in [-0.39, 0.29) is 12.0 Å². The summed E-state index contributed by atoms with van der Waals surface area (Å²) in [5.74, 6) is -3.07. The van der Waals surface area contributed by atoms with Gasteiger partial charge < -0.3 is 5.73 Å². The van der Waals surface area contributed by atoms with Crippen molar-refractivity contribution in [3.63, 3.8) is 0 Å². The van der Waals surface area contributed by atoms with Crippen molar-refractivity contribution >= 4 is 0 Å². The van der Waals surface area contributed by atoms with Crippen molar-refractivity contribution in [2.24, 2.45) is 5.73 Å². The molecule has 2 aromatic carbocycles. The molecule has 0 amide bonds. The molecule has 130 valence electrons. The first-order chi connectivity index (χ1) is 12.0. The topological polar surface area (TPSA) is 56.7 Å². The number of nitrogens with two attached hydrogens (primary N) is 1. The lowest BCUT2D eigenvalue weighted by Crippen LogP contribution is -2.25. The van der Waals surface area contributed by atoms with Crippen molar-refractivity contribution in [1.82, 2.24) is 15.0 Å². The Kier molecular flexibility index (Phi) is 5.14. The molecule has 1 aromatic heterocycles. The summed E-state index contributed by atoms with van der Waals surface area (Å²) < 4.78 is 41.5. The number of aryl methyl sites for hydroxylation is 1. The van der Waals surface area contributed by atoms with Crippen LogP contribution in [0, 0.1) is 17.5 Å². The van der Waals surface area contributed by atoms with Crippen LogP contribution < -0.4 is 5.73 Å². The normalized spacial score (nSPS) is 12.3. The lowest BCUT2D eigenvalue weighted by molar-refractivity contribution is 0.473. The first kappa shape index (κ1) is 17.2. The maximum atomic E-state index is 13.7.